The summed E-state index contributed by atoms with van der Waals surface area (Å²) in [4.78, 5) is 13.9. The minimum absolute atomic E-state index is 0.371. The number of methoxy groups -OCH3 is 1. The second kappa shape index (κ2) is 7.62. The summed E-state index contributed by atoms with van der Waals surface area (Å²) in [6.07, 6.45) is 3.12. The van der Waals surface area contributed by atoms with E-state index in [4.69, 9.17) is 10.5 Å². The first-order valence-electron chi connectivity index (χ1n) is 4.73. The largest absolute Gasteiger partial charge is 0.490 e. The molecule has 0 aromatic heterocycles. The molecule has 0 aliphatic rings. The number of rotatable bonds is 6. The molecule has 6 heteroatoms. The molecule has 2 N–H and O–H groups in total. The van der Waals surface area contributed by atoms with Crippen molar-refractivity contribution >= 4 is 5.97 Å². The summed E-state index contributed by atoms with van der Waals surface area (Å²) in [5.74, 6) is -0.828. The fraction of sp³-hybridized carbons (Fsp3) is 0.667. The molecule has 0 aliphatic carbocycles. The summed E-state index contributed by atoms with van der Waals surface area (Å²) in [7, 11) is 1.28. The third-order valence-corrected chi connectivity index (χ3v) is 1.83. The van der Waals surface area contributed by atoms with E-state index in [2.05, 4.69) is 15.0 Å². The number of esters is 1. The fourth-order valence-corrected chi connectivity index (χ4v) is 1.07. The van der Waals surface area contributed by atoms with E-state index < -0.39 is 12.0 Å². The molecular formula is C9H16N3O3+. The molecule has 0 bridgehead atoms. The van der Waals surface area contributed by atoms with E-state index in [0.29, 0.717) is 6.42 Å². The van der Waals surface area contributed by atoms with Gasteiger partial charge in [-0.3, -0.25) is 0 Å². The molecule has 15 heavy (non-hydrogen) atoms. The van der Waals surface area contributed by atoms with Crippen LogP contribution in [0.25, 0.3) is 4.98 Å². The predicted octanol–water partition coefficient (Wildman–Crippen LogP) is 1.52. The number of diazo groups is 1. The molecule has 0 radical (unpaired) electrons. The number of hydrogen-bond acceptors (Lipinski definition) is 5. The van der Waals surface area contributed by atoms with E-state index in [-0.39, 0.29) is 5.88 Å². The lowest BCUT2D eigenvalue weighted by Crippen LogP contribution is -2.37. The molecule has 84 valence electrons. The SMILES string of the molecule is CCCC[C@@H](NC(O)=C[N+]#N)C(=O)OC. The molecule has 6 nitrogen and oxygen atoms in total. The van der Waals surface area contributed by atoms with E-state index >= 15 is 0 Å². The summed E-state index contributed by atoms with van der Waals surface area (Å²) < 4.78 is 4.56. The first-order valence-corrected chi connectivity index (χ1v) is 4.73. The molecule has 0 amide bonds. The zero-order chi connectivity index (χ0) is 11.7. The summed E-state index contributed by atoms with van der Waals surface area (Å²) in [5, 5.41) is 19.8. The standard InChI is InChI=1S/C9H15N3O3/c1-3-4-5-7(9(14)15-2)12-8(13)6-11-10/h6-7,12H,3-5H2,1-2H3/p+1/t7-/m1/s1. The lowest BCUT2D eigenvalue weighted by atomic mass is 10.1. The first-order chi connectivity index (χ1) is 7.15. The van der Waals surface area contributed by atoms with Gasteiger partial charge in [-0.15, -0.1) is 0 Å². The van der Waals surface area contributed by atoms with Crippen molar-refractivity contribution in [2.75, 3.05) is 7.11 Å². The summed E-state index contributed by atoms with van der Waals surface area (Å²) in [6, 6.07) is -0.618. The Kier molecular flexibility index (Phi) is 6.72. The van der Waals surface area contributed by atoms with E-state index in [1.807, 2.05) is 6.92 Å². The first kappa shape index (κ1) is 13.2. The summed E-state index contributed by atoms with van der Waals surface area (Å²) in [6.45, 7) is 1.99. The van der Waals surface area contributed by atoms with Gasteiger partial charge in [0.05, 0.1) is 7.11 Å². The quantitative estimate of drug-likeness (QED) is 0.397. The third-order valence-electron chi connectivity index (χ3n) is 1.83. The highest BCUT2D eigenvalue weighted by Crippen LogP contribution is 2.04. The summed E-state index contributed by atoms with van der Waals surface area (Å²) >= 11 is 0. The van der Waals surface area contributed by atoms with Crippen molar-refractivity contribution in [2.45, 2.75) is 32.2 Å². The topological polar surface area (TPSA) is 86.7 Å². The number of carbonyl (C=O) groups is 1. The van der Waals surface area contributed by atoms with Crippen molar-refractivity contribution in [1.82, 2.24) is 5.32 Å². The van der Waals surface area contributed by atoms with Crippen LogP contribution in [0.1, 0.15) is 26.2 Å². The van der Waals surface area contributed by atoms with Crippen molar-refractivity contribution in [3.05, 3.63) is 17.1 Å². The van der Waals surface area contributed by atoms with Crippen LogP contribution in [0, 0.1) is 5.39 Å². The van der Waals surface area contributed by atoms with Crippen LogP contribution in [0.15, 0.2) is 12.1 Å². The zero-order valence-corrected chi connectivity index (χ0v) is 8.93. The van der Waals surface area contributed by atoms with Gasteiger partial charge in [0.2, 0.25) is 5.39 Å². The lowest BCUT2D eigenvalue weighted by molar-refractivity contribution is -0.143. The Balaban J connectivity index is 4.31. The second-order valence-electron chi connectivity index (χ2n) is 2.99. The molecule has 0 rings (SSSR count). The van der Waals surface area contributed by atoms with Gasteiger partial charge in [0.15, 0.2) is 4.98 Å². The number of aliphatic hydroxyl groups is 1. The van der Waals surface area contributed by atoms with Gasteiger partial charge in [0.25, 0.3) is 5.88 Å². The molecule has 0 saturated heterocycles. The fourth-order valence-electron chi connectivity index (χ4n) is 1.07. The van der Waals surface area contributed by atoms with Gasteiger partial charge in [-0.25, -0.2) is 4.79 Å². The van der Waals surface area contributed by atoms with Crippen LogP contribution < -0.4 is 5.32 Å². The monoisotopic (exact) mass is 214 g/mol. The van der Waals surface area contributed by atoms with Crippen LogP contribution in [0.2, 0.25) is 0 Å². The maximum atomic E-state index is 11.2. The normalized spacial score (nSPS) is 12.7. The number of nitrogens with one attached hydrogen (secondary N) is 1. The van der Waals surface area contributed by atoms with Crippen LogP contribution in [-0.4, -0.2) is 24.2 Å². The minimum Gasteiger partial charge on any atom is -0.490 e. The minimum atomic E-state index is -0.618. The Morgan fingerprint density at radius 1 is 1.73 bits per heavy atom. The Labute approximate surface area is 88.5 Å². The van der Waals surface area contributed by atoms with Gasteiger partial charge in [-0.2, -0.15) is 0 Å². The van der Waals surface area contributed by atoms with Gasteiger partial charge in [0.1, 0.15) is 6.04 Å². The van der Waals surface area contributed by atoms with Gasteiger partial charge in [-0.1, -0.05) is 19.8 Å². The van der Waals surface area contributed by atoms with Crippen LogP contribution in [-0.2, 0) is 9.53 Å². The van der Waals surface area contributed by atoms with Crippen LogP contribution in [0.4, 0.5) is 0 Å². The van der Waals surface area contributed by atoms with Crippen molar-refractivity contribution in [3.8, 4) is 0 Å². The molecular weight excluding hydrogens is 198 g/mol. The average Bonchev–Trinajstić information content (AvgIpc) is 2.23. The molecule has 0 aliphatic heterocycles. The van der Waals surface area contributed by atoms with Crippen molar-refractivity contribution < 1.29 is 14.6 Å². The average molecular weight is 214 g/mol. The number of aliphatic hydroxyl groups excluding tert-OH is 1. The predicted molar refractivity (Wildman–Crippen MR) is 54.3 cm³/mol. The number of hydrogen-bond donors (Lipinski definition) is 2. The highest BCUT2D eigenvalue weighted by molar-refractivity contribution is 5.75. The van der Waals surface area contributed by atoms with Gasteiger partial charge in [0, 0.05) is 0 Å². The number of carbonyl (C=O) groups excluding carboxylic acids is 1. The molecule has 0 spiro atoms. The summed E-state index contributed by atoms with van der Waals surface area (Å²) in [5.41, 5.74) is 0. The van der Waals surface area contributed by atoms with E-state index in [1.54, 1.807) is 0 Å². The molecule has 1 atom stereocenters. The highest BCUT2D eigenvalue weighted by atomic mass is 16.5. The maximum Gasteiger partial charge on any atom is 0.409 e. The van der Waals surface area contributed by atoms with Crippen molar-refractivity contribution in [3.63, 3.8) is 0 Å². The molecule has 0 heterocycles. The third kappa shape index (κ3) is 5.52. The van der Waals surface area contributed by atoms with Crippen LogP contribution in [0.5, 0.6) is 0 Å². The smallest absolute Gasteiger partial charge is 0.409 e. The molecule has 0 unspecified atom stereocenters. The highest BCUT2D eigenvalue weighted by Gasteiger charge is 2.20. The van der Waals surface area contributed by atoms with Gasteiger partial charge < -0.3 is 15.2 Å². The second-order valence-corrected chi connectivity index (χ2v) is 2.99. The Bertz CT molecular complexity index is 270. The van der Waals surface area contributed by atoms with Gasteiger partial charge in [-0.05, 0) is 6.42 Å². The number of unbranched alkanes of at least 4 members (excludes halogenated alkanes) is 1. The molecule has 0 aromatic rings. The zero-order valence-electron chi connectivity index (χ0n) is 8.93. The maximum absolute atomic E-state index is 11.2. The van der Waals surface area contributed by atoms with Crippen molar-refractivity contribution in [1.29, 1.82) is 5.39 Å². The Hall–Kier alpha value is -1.77. The lowest BCUT2D eigenvalue weighted by Gasteiger charge is -2.14. The Morgan fingerprint density at radius 2 is 2.40 bits per heavy atom. The van der Waals surface area contributed by atoms with Gasteiger partial charge >= 0.3 is 12.2 Å². The van der Waals surface area contributed by atoms with Crippen LogP contribution >= 0.6 is 0 Å². The number of nitrogens with zero attached hydrogens (tertiary/aromatic N) is 2. The molecule has 0 saturated carbocycles. The van der Waals surface area contributed by atoms with E-state index in [0.717, 1.165) is 19.0 Å². The Morgan fingerprint density at radius 3 is 2.87 bits per heavy atom. The van der Waals surface area contributed by atoms with Crippen molar-refractivity contribution in [2.24, 2.45) is 0 Å². The van der Waals surface area contributed by atoms with E-state index in [1.165, 1.54) is 7.11 Å². The van der Waals surface area contributed by atoms with Crippen LogP contribution in [0.3, 0.4) is 0 Å². The molecule has 0 aromatic carbocycles. The van der Waals surface area contributed by atoms with E-state index in [9.17, 15) is 4.79 Å². The number of ether oxygens (including phenoxy) is 1. The molecule has 0 fully saturated rings.